The highest BCUT2D eigenvalue weighted by Crippen LogP contribution is 2.22. The van der Waals surface area contributed by atoms with Gasteiger partial charge in [0.1, 0.15) is 0 Å². The third-order valence-corrected chi connectivity index (χ3v) is 4.24. The Morgan fingerprint density at radius 3 is 2.84 bits per heavy atom. The van der Waals surface area contributed by atoms with E-state index < -0.39 is 0 Å². The molecular weight excluding hydrogens is 236 g/mol. The minimum Gasteiger partial charge on any atom is -0.398 e. The molecule has 3 heteroatoms. The Labute approximate surface area is 115 Å². The van der Waals surface area contributed by atoms with Crippen LogP contribution in [0.15, 0.2) is 18.2 Å². The van der Waals surface area contributed by atoms with Gasteiger partial charge in [-0.25, -0.2) is 0 Å². The van der Waals surface area contributed by atoms with Gasteiger partial charge in [-0.2, -0.15) is 0 Å². The molecule has 1 aromatic rings. The number of nitrogen functional groups attached to an aromatic ring is 1. The number of carbonyl (C=O) groups excluding carboxylic acids is 1. The number of nitrogens with zero attached hydrogens (tertiary/aromatic N) is 1. The SMILES string of the molecule is CCC1CCCN(C(=O)c2ccc(C)c(N)c2)CC1. The molecule has 0 radical (unpaired) electrons. The first-order valence-corrected chi connectivity index (χ1v) is 7.27. The summed E-state index contributed by atoms with van der Waals surface area (Å²) in [5, 5.41) is 0. The molecule has 0 spiro atoms. The molecule has 1 aliphatic rings. The van der Waals surface area contributed by atoms with Gasteiger partial charge in [0.2, 0.25) is 0 Å². The highest BCUT2D eigenvalue weighted by atomic mass is 16.2. The second kappa shape index (κ2) is 6.09. The summed E-state index contributed by atoms with van der Waals surface area (Å²) in [5.74, 6) is 0.907. The molecule has 2 N–H and O–H groups in total. The molecule has 1 atom stereocenters. The monoisotopic (exact) mass is 260 g/mol. The van der Waals surface area contributed by atoms with Gasteiger partial charge in [-0.3, -0.25) is 4.79 Å². The second-order valence-electron chi connectivity index (χ2n) is 5.57. The van der Waals surface area contributed by atoms with Crippen molar-refractivity contribution in [1.29, 1.82) is 0 Å². The molecule has 1 amide bonds. The molecule has 0 aliphatic carbocycles. The van der Waals surface area contributed by atoms with E-state index in [1.165, 1.54) is 12.8 Å². The van der Waals surface area contributed by atoms with Crippen LogP contribution in [-0.2, 0) is 0 Å². The number of hydrogen-bond donors (Lipinski definition) is 1. The van der Waals surface area contributed by atoms with Crippen molar-refractivity contribution < 1.29 is 4.79 Å². The largest absolute Gasteiger partial charge is 0.398 e. The zero-order chi connectivity index (χ0) is 13.8. The van der Waals surface area contributed by atoms with E-state index in [4.69, 9.17) is 5.73 Å². The number of anilines is 1. The van der Waals surface area contributed by atoms with Gasteiger partial charge < -0.3 is 10.6 Å². The average Bonchev–Trinajstić information content (AvgIpc) is 2.66. The van der Waals surface area contributed by atoms with Crippen LogP contribution >= 0.6 is 0 Å². The standard InChI is InChI=1S/C16H24N2O/c1-3-13-5-4-9-18(10-8-13)16(19)14-7-6-12(2)15(17)11-14/h6-7,11,13H,3-5,8-10,17H2,1-2H3. The number of amides is 1. The van der Waals surface area contributed by atoms with E-state index in [0.717, 1.165) is 43.0 Å². The molecular formula is C16H24N2O. The summed E-state index contributed by atoms with van der Waals surface area (Å²) in [7, 11) is 0. The molecule has 1 unspecified atom stereocenters. The molecule has 104 valence electrons. The van der Waals surface area contributed by atoms with Crippen molar-refractivity contribution in [2.24, 2.45) is 5.92 Å². The minimum atomic E-state index is 0.128. The van der Waals surface area contributed by atoms with Gasteiger partial charge in [0.05, 0.1) is 0 Å². The zero-order valence-corrected chi connectivity index (χ0v) is 12.0. The summed E-state index contributed by atoms with van der Waals surface area (Å²) in [6, 6.07) is 5.62. The molecule has 1 saturated heterocycles. The van der Waals surface area contributed by atoms with Crippen LogP contribution in [0.3, 0.4) is 0 Å². The van der Waals surface area contributed by atoms with Crippen LogP contribution in [-0.4, -0.2) is 23.9 Å². The first-order chi connectivity index (χ1) is 9.11. The molecule has 1 heterocycles. The molecule has 1 aliphatic heterocycles. The Morgan fingerprint density at radius 2 is 2.16 bits per heavy atom. The van der Waals surface area contributed by atoms with E-state index in [1.807, 2.05) is 24.0 Å². The van der Waals surface area contributed by atoms with Crippen LogP contribution in [0.5, 0.6) is 0 Å². The number of hydrogen-bond acceptors (Lipinski definition) is 2. The lowest BCUT2D eigenvalue weighted by Gasteiger charge is -2.21. The fraction of sp³-hybridized carbons (Fsp3) is 0.562. The normalized spacial score (nSPS) is 20.1. The highest BCUT2D eigenvalue weighted by Gasteiger charge is 2.20. The number of aryl methyl sites for hydroxylation is 1. The number of nitrogens with two attached hydrogens (primary N) is 1. The van der Waals surface area contributed by atoms with Gasteiger partial charge >= 0.3 is 0 Å². The van der Waals surface area contributed by atoms with Gasteiger partial charge in [-0.15, -0.1) is 0 Å². The van der Waals surface area contributed by atoms with E-state index in [2.05, 4.69) is 6.92 Å². The van der Waals surface area contributed by atoms with E-state index in [-0.39, 0.29) is 5.91 Å². The van der Waals surface area contributed by atoms with Crippen LogP contribution in [0.4, 0.5) is 5.69 Å². The maximum atomic E-state index is 12.5. The van der Waals surface area contributed by atoms with Gasteiger partial charge in [0, 0.05) is 24.3 Å². The van der Waals surface area contributed by atoms with Crippen molar-refractivity contribution in [2.75, 3.05) is 18.8 Å². The van der Waals surface area contributed by atoms with Crippen molar-refractivity contribution in [3.63, 3.8) is 0 Å². The maximum Gasteiger partial charge on any atom is 0.253 e. The molecule has 19 heavy (non-hydrogen) atoms. The summed E-state index contributed by atoms with van der Waals surface area (Å²) in [5.41, 5.74) is 8.34. The first-order valence-electron chi connectivity index (χ1n) is 7.27. The van der Waals surface area contributed by atoms with Crippen molar-refractivity contribution in [3.05, 3.63) is 29.3 Å². The van der Waals surface area contributed by atoms with Gasteiger partial charge in [-0.05, 0) is 49.8 Å². The number of benzene rings is 1. The summed E-state index contributed by atoms with van der Waals surface area (Å²) >= 11 is 0. The lowest BCUT2D eigenvalue weighted by molar-refractivity contribution is 0.0760. The van der Waals surface area contributed by atoms with Gasteiger partial charge in [-0.1, -0.05) is 19.4 Å². The van der Waals surface area contributed by atoms with E-state index in [0.29, 0.717) is 5.69 Å². The van der Waals surface area contributed by atoms with Crippen molar-refractivity contribution in [2.45, 2.75) is 39.5 Å². The third-order valence-electron chi connectivity index (χ3n) is 4.24. The Balaban J connectivity index is 2.08. The topological polar surface area (TPSA) is 46.3 Å². The Bertz CT molecular complexity index is 456. The highest BCUT2D eigenvalue weighted by molar-refractivity contribution is 5.95. The summed E-state index contributed by atoms with van der Waals surface area (Å²) in [4.78, 5) is 14.5. The predicted molar refractivity (Wildman–Crippen MR) is 79.1 cm³/mol. The van der Waals surface area contributed by atoms with Crippen molar-refractivity contribution in [1.82, 2.24) is 4.90 Å². The average molecular weight is 260 g/mol. The van der Waals surface area contributed by atoms with Crippen LogP contribution in [0.1, 0.15) is 48.5 Å². The van der Waals surface area contributed by atoms with Crippen molar-refractivity contribution >= 4 is 11.6 Å². The van der Waals surface area contributed by atoms with E-state index >= 15 is 0 Å². The maximum absolute atomic E-state index is 12.5. The second-order valence-corrected chi connectivity index (χ2v) is 5.57. The Hall–Kier alpha value is -1.51. The number of rotatable bonds is 2. The lowest BCUT2D eigenvalue weighted by Crippen LogP contribution is -2.32. The predicted octanol–water partition coefficient (Wildman–Crippen LogP) is 3.23. The minimum absolute atomic E-state index is 0.128. The molecule has 1 fully saturated rings. The summed E-state index contributed by atoms with van der Waals surface area (Å²) in [6.45, 7) is 5.96. The van der Waals surface area contributed by atoms with Crippen LogP contribution in [0.25, 0.3) is 0 Å². The van der Waals surface area contributed by atoms with Crippen LogP contribution < -0.4 is 5.73 Å². The number of carbonyl (C=O) groups is 1. The molecule has 2 rings (SSSR count). The zero-order valence-electron chi connectivity index (χ0n) is 12.0. The lowest BCUT2D eigenvalue weighted by atomic mass is 9.98. The number of likely N-dealkylation sites (tertiary alicyclic amines) is 1. The van der Waals surface area contributed by atoms with E-state index in [9.17, 15) is 4.79 Å². The van der Waals surface area contributed by atoms with Crippen LogP contribution in [0, 0.1) is 12.8 Å². The fourth-order valence-electron chi connectivity index (χ4n) is 2.73. The quantitative estimate of drug-likeness (QED) is 0.830. The Kier molecular flexibility index (Phi) is 4.46. The molecule has 0 saturated carbocycles. The fourth-order valence-corrected chi connectivity index (χ4v) is 2.73. The summed E-state index contributed by atoms with van der Waals surface area (Å²) < 4.78 is 0. The van der Waals surface area contributed by atoms with Gasteiger partial charge in [0.25, 0.3) is 5.91 Å². The molecule has 0 aromatic heterocycles. The van der Waals surface area contributed by atoms with Crippen molar-refractivity contribution in [3.8, 4) is 0 Å². The molecule has 1 aromatic carbocycles. The smallest absolute Gasteiger partial charge is 0.253 e. The molecule has 0 bridgehead atoms. The third kappa shape index (κ3) is 3.28. The summed E-state index contributed by atoms with van der Waals surface area (Å²) in [6.07, 6.45) is 4.71. The van der Waals surface area contributed by atoms with Gasteiger partial charge in [0.15, 0.2) is 0 Å². The molecule has 3 nitrogen and oxygen atoms in total. The Morgan fingerprint density at radius 1 is 1.37 bits per heavy atom. The van der Waals surface area contributed by atoms with Crippen LogP contribution in [0.2, 0.25) is 0 Å². The van der Waals surface area contributed by atoms with E-state index in [1.54, 1.807) is 6.07 Å². The first kappa shape index (κ1) is 13.9.